The Hall–Kier alpha value is -3.09. The van der Waals surface area contributed by atoms with Gasteiger partial charge in [-0.15, -0.1) is 0 Å². The molecule has 12 heteroatoms. The zero-order chi connectivity index (χ0) is 34.9. The molecular formula is C35H56N4O7S. The number of nitrogens with zero attached hydrogens (tertiary/aromatic N) is 1. The molecule has 0 aliphatic carbocycles. The number of carbonyl (C=O) groups is 3. The zero-order valence-electron chi connectivity index (χ0n) is 29.2. The predicted octanol–water partition coefficient (Wildman–Crippen LogP) is 7.05. The summed E-state index contributed by atoms with van der Waals surface area (Å²) in [5, 5.41) is 2.67. The van der Waals surface area contributed by atoms with Crippen LogP contribution in [-0.2, 0) is 34.7 Å². The number of hydrogen-bond donors (Lipinski definition) is 3. The van der Waals surface area contributed by atoms with Gasteiger partial charge in [0, 0.05) is 17.7 Å². The summed E-state index contributed by atoms with van der Waals surface area (Å²) in [6.45, 7) is 7.31. The molecule has 264 valence electrons. The second kappa shape index (κ2) is 19.7. The minimum Gasteiger partial charge on any atom is -0.464 e. The van der Waals surface area contributed by atoms with Gasteiger partial charge in [-0.25, -0.2) is 22.9 Å². The highest BCUT2D eigenvalue weighted by Crippen LogP contribution is 2.35. The summed E-state index contributed by atoms with van der Waals surface area (Å²) in [6.07, 6.45) is 17.7. The summed E-state index contributed by atoms with van der Waals surface area (Å²) >= 11 is 0. The first-order chi connectivity index (χ1) is 22.3. The number of unbranched alkanes of at least 4 members (excludes halogenated alkanes) is 13. The van der Waals surface area contributed by atoms with Crippen LogP contribution >= 0.6 is 0 Å². The van der Waals surface area contributed by atoms with Crippen molar-refractivity contribution in [2.75, 3.05) is 26.1 Å². The number of ether oxygens (including phenoxy) is 2. The van der Waals surface area contributed by atoms with Crippen LogP contribution in [0.2, 0.25) is 0 Å². The van der Waals surface area contributed by atoms with Crippen LogP contribution in [-0.4, -0.2) is 56.8 Å². The molecule has 1 aromatic heterocycles. The second-order valence-electron chi connectivity index (χ2n) is 13.0. The number of sulfonamides is 1. The SMILES string of the molecule is CCCCCCCCCCCCCCCCOC(C(=O)Nc1cccc(S(=O)(=O)NC)c1)(C(=O)C(C)(C)C)c1ncc(C(=O)OC)[nH]1. The number of amides is 1. The first-order valence-corrected chi connectivity index (χ1v) is 18.5. The van der Waals surface area contributed by atoms with Crippen molar-refractivity contribution in [1.29, 1.82) is 0 Å². The molecule has 1 amide bonds. The molecule has 0 aliphatic rings. The van der Waals surface area contributed by atoms with Gasteiger partial charge in [-0.3, -0.25) is 9.59 Å². The van der Waals surface area contributed by atoms with E-state index in [0.717, 1.165) is 19.3 Å². The number of aromatic nitrogens is 2. The molecule has 1 unspecified atom stereocenters. The number of benzene rings is 1. The van der Waals surface area contributed by atoms with Gasteiger partial charge in [0.15, 0.2) is 11.6 Å². The fraction of sp³-hybridized carbons (Fsp3) is 0.657. The van der Waals surface area contributed by atoms with E-state index >= 15 is 0 Å². The number of Topliss-reactive ketones (excluding diaryl/α,β-unsaturated/α-hetero) is 1. The Labute approximate surface area is 281 Å². The van der Waals surface area contributed by atoms with Gasteiger partial charge >= 0.3 is 5.97 Å². The number of anilines is 1. The van der Waals surface area contributed by atoms with E-state index in [0.29, 0.717) is 6.42 Å². The van der Waals surface area contributed by atoms with Crippen LogP contribution in [0.1, 0.15) is 134 Å². The van der Waals surface area contributed by atoms with Gasteiger partial charge in [-0.2, -0.15) is 0 Å². The van der Waals surface area contributed by atoms with Crippen LogP contribution in [0, 0.1) is 5.41 Å². The molecular weight excluding hydrogens is 620 g/mol. The first-order valence-electron chi connectivity index (χ1n) is 17.0. The first kappa shape index (κ1) is 40.1. The minimum atomic E-state index is -3.80. The van der Waals surface area contributed by atoms with Gasteiger partial charge in [-0.1, -0.05) is 117 Å². The monoisotopic (exact) mass is 676 g/mol. The highest BCUT2D eigenvalue weighted by molar-refractivity contribution is 7.89. The van der Waals surface area contributed by atoms with Gasteiger partial charge in [0.05, 0.1) is 18.2 Å². The Kier molecular flexibility index (Phi) is 16.8. The molecule has 1 aromatic carbocycles. The predicted molar refractivity (Wildman–Crippen MR) is 184 cm³/mol. The van der Waals surface area contributed by atoms with E-state index in [1.807, 2.05) is 0 Å². The average molecular weight is 677 g/mol. The highest BCUT2D eigenvalue weighted by atomic mass is 32.2. The Morgan fingerprint density at radius 2 is 1.43 bits per heavy atom. The van der Waals surface area contributed by atoms with Crippen LogP contribution in [0.25, 0.3) is 0 Å². The quantitative estimate of drug-likeness (QED) is 0.0642. The molecule has 0 fully saturated rings. The summed E-state index contributed by atoms with van der Waals surface area (Å²) in [6, 6.07) is 5.65. The molecule has 2 rings (SSSR count). The number of H-pyrrole nitrogens is 1. The number of rotatable bonds is 23. The summed E-state index contributed by atoms with van der Waals surface area (Å²) in [4.78, 5) is 47.5. The fourth-order valence-corrected chi connectivity index (χ4v) is 6.13. The molecule has 3 N–H and O–H groups in total. The lowest BCUT2D eigenvalue weighted by atomic mass is 9.78. The molecule has 1 heterocycles. The topological polar surface area (TPSA) is 157 Å². The maximum atomic E-state index is 14.2. The third-order valence-corrected chi connectivity index (χ3v) is 9.53. The number of carbonyl (C=O) groups excluding carboxylic acids is 3. The largest absolute Gasteiger partial charge is 0.464 e. The van der Waals surface area contributed by atoms with Crippen LogP contribution < -0.4 is 10.0 Å². The summed E-state index contributed by atoms with van der Waals surface area (Å²) < 4.78 is 38.1. The third-order valence-electron chi connectivity index (χ3n) is 8.12. The Bertz CT molecular complexity index is 1380. The van der Waals surface area contributed by atoms with Gasteiger partial charge in [-0.05, 0) is 31.7 Å². The molecule has 47 heavy (non-hydrogen) atoms. The van der Waals surface area contributed by atoms with Crippen molar-refractivity contribution in [2.24, 2.45) is 5.41 Å². The maximum Gasteiger partial charge on any atom is 0.356 e. The normalized spacial score (nSPS) is 13.2. The molecule has 0 saturated carbocycles. The van der Waals surface area contributed by atoms with Crippen molar-refractivity contribution in [2.45, 2.75) is 128 Å². The van der Waals surface area contributed by atoms with Crippen molar-refractivity contribution in [1.82, 2.24) is 14.7 Å². The van der Waals surface area contributed by atoms with Crippen LogP contribution in [0.4, 0.5) is 5.69 Å². The molecule has 11 nitrogen and oxygen atoms in total. The summed E-state index contributed by atoms with van der Waals surface area (Å²) in [7, 11) is -1.30. The Balaban J connectivity index is 2.16. The highest BCUT2D eigenvalue weighted by Gasteiger charge is 2.55. The number of nitrogens with one attached hydrogen (secondary N) is 3. The van der Waals surface area contributed by atoms with Crippen molar-refractivity contribution >= 4 is 33.4 Å². The Morgan fingerprint density at radius 3 is 1.94 bits per heavy atom. The summed E-state index contributed by atoms with van der Waals surface area (Å²) in [5.41, 5.74) is -3.25. The van der Waals surface area contributed by atoms with Gasteiger partial charge in [0.1, 0.15) is 5.69 Å². The van der Waals surface area contributed by atoms with Crippen LogP contribution in [0.3, 0.4) is 0 Å². The fourth-order valence-electron chi connectivity index (χ4n) is 5.36. The van der Waals surface area contributed by atoms with E-state index in [4.69, 9.17) is 9.47 Å². The maximum absolute atomic E-state index is 14.2. The van der Waals surface area contributed by atoms with Crippen LogP contribution in [0.5, 0.6) is 0 Å². The van der Waals surface area contributed by atoms with Crippen molar-refractivity contribution in [3.63, 3.8) is 0 Å². The number of imidazole rings is 1. The molecule has 0 radical (unpaired) electrons. The second-order valence-corrected chi connectivity index (χ2v) is 14.9. The number of hydrogen-bond acceptors (Lipinski definition) is 8. The van der Waals surface area contributed by atoms with Crippen molar-refractivity contribution in [3.8, 4) is 0 Å². The number of aromatic amines is 1. The molecule has 0 saturated heterocycles. The van der Waals surface area contributed by atoms with Gasteiger partial charge in [0.2, 0.25) is 10.0 Å². The number of esters is 1. The lowest BCUT2D eigenvalue weighted by Crippen LogP contribution is -2.54. The third kappa shape index (κ3) is 12.1. The molecule has 0 spiro atoms. The van der Waals surface area contributed by atoms with E-state index in [9.17, 15) is 22.8 Å². The number of ketones is 1. The molecule has 1 atom stereocenters. The minimum absolute atomic E-state index is 0.0522. The lowest BCUT2D eigenvalue weighted by Gasteiger charge is -2.34. The van der Waals surface area contributed by atoms with E-state index < -0.39 is 38.7 Å². The zero-order valence-corrected chi connectivity index (χ0v) is 30.0. The van der Waals surface area contributed by atoms with Gasteiger partial charge < -0.3 is 19.8 Å². The molecule has 0 bridgehead atoms. The summed E-state index contributed by atoms with van der Waals surface area (Å²) in [5.74, 6) is -2.34. The smallest absolute Gasteiger partial charge is 0.356 e. The molecule has 0 aliphatic heterocycles. The van der Waals surface area contributed by atoms with E-state index in [2.05, 4.69) is 26.9 Å². The lowest BCUT2D eigenvalue weighted by molar-refractivity contribution is -0.165. The standard InChI is InChI=1S/C35H56N4O7S/c1-7-8-9-10-11-12-13-14-15-16-17-18-19-20-24-46-35(31(41)34(2,3)4,32-37-26-29(39-32)30(40)45-6)33(42)38-27-22-21-23-28(25-27)47(43,44)36-5/h21-23,25-26,36H,7-20,24H2,1-6H3,(H,37,39)(H,38,42). The van der Waals surface area contributed by atoms with Crippen molar-refractivity contribution in [3.05, 3.63) is 42.0 Å². The average Bonchev–Trinajstić information content (AvgIpc) is 3.54. The van der Waals surface area contributed by atoms with E-state index in [1.165, 1.54) is 109 Å². The van der Waals surface area contributed by atoms with Gasteiger partial charge in [0.25, 0.3) is 11.5 Å². The number of methoxy groups -OCH3 is 1. The van der Waals surface area contributed by atoms with E-state index in [1.54, 1.807) is 20.8 Å². The Morgan fingerprint density at radius 1 is 0.872 bits per heavy atom. The van der Waals surface area contributed by atoms with Crippen LogP contribution in [0.15, 0.2) is 35.4 Å². The van der Waals surface area contributed by atoms with Crippen molar-refractivity contribution < 1.29 is 32.3 Å². The molecule has 2 aromatic rings. The van der Waals surface area contributed by atoms with E-state index in [-0.39, 0.29) is 28.7 Å².